The first kappa shape index (κ1) is 17.8. The summed E-state index contributed by atoms with van der Waals surface area (Å²) in [6.45, 7) is 7.49. The Bertz CT molecular complexity index is 158. The third kappa shape index (κ3) is 13.9. The summed E-state index contributed by atoms with van der Waals surface area (Å²) in [6.07, 6.45) is 2.19. The molecule has 1 unspecified atom stereocenters. The molecule has 1 atom stereocenters. The molecule has 0 aromatic rings. The molecule has 0 bridgehead atoms. The molecule has 1 N–H and O–H groups in total. The number of hydrogen-bond acceptors (Lipinski definition) is 5. The van der Waals surface area contributed by atoms with Crippen molar-refractivity contribution in [2.24, 2.45) is 0 Å². The van der Waals surface area contributed by atoms with E-state index < -0.39 is 0 Å². The van der Waals surface area contributed by atoms with E-state index in [1.54, 1.807) is 14.2 Å². The van der Waals surface area contributed by atoms with Crippen LogP contribution in [0.2, 0.25) is 0 Å². The van der Waals surface area contributed by atoms with Gasteiger partial charge in [0.05, 0.1) is 19.3 Å². The zero-order valence-corrected chi connectivity index (χ0v) is 12.1. The average molecular weight is 263 g/mol. The van der Waals surface area contributed by atoms with Gasteiger partial charge in [0.1, 0.15) is 0 Å². The molecular weight excluding hydrogens is 234 g/mol. The van der Waals surface area contributed by atoms with Gasteiger partial charge in [-0.2, -0.15) is 0 Å². The minimum atomic E-state index is 0.218. The van der Waals surface area contributed by atoms with Gasteiger partial charge in [0.25, 0.3) is 0 Å². The molecule has 0 spiro atoms. The van der Waals surface area contributed by atoms with Crippen LogP contribution in [0.3, 0.4) is 0 Å². The summed E-state index contributed by atoms with van der Waals surface area (Å²) in [5.41, 5.74) is 0. The summed E-state index contributed by atoms with van der Waals surface area (Å²) in [4.78, 5) is 0. The topological polar surface area (TPSA) is 49.0 Å². The van der Waals surface area contributed by atoms with Gasteiger partial charge in [-0.25, -0.2) is 0 Å². The van der Waals surface area contributed by atoms with Crippen LogP contribution in [0.25, 0.3) is 0 Å². The molecule has 0 amide bonds. The standard InChI is InChI=1S/C13H29NO4/c1-13(12-14-6-4-7-15-2)18-11-10-17-9-5-8-16-3/h13-14H,4-12H2,1-3H3. The maximum Gasteiger partial charge on any atom is 0.0704 e. The van der Waals surface area contributed by atoms with Crippen molar-refractivity contribution in [2.45, 2.75) is 25.9 Å². The second-order valence-corrected chi connectivity index (χ2v) is 4.19. The van der Waals surface area contributed by atoms with Crippen molar-refractivity contribution in [1.82, 2.24) is 5.32 Å². The Morgan fingerprint density at radius 2 is 1.61 bits per heavy atom. The highest BCUT2D eigenvalue weighted by molar-refractivity contribution is 4.55. The van der Waals surface area contributed by atoms with Crippen molar-refractivity contribution in [2.75, 3.05) is 60.3 Å². The quantitative estimate of drug-likeness (QED) is 0.475. The lowest BCUT2D eigenvalue weighted by atomic mass is 10.3. The smallest absolute Gasteiger partial charge is 0.0704 e. The van der Waals surface area contributed by atoms with Crippen molar-refractivity contribution in [3.8, 4) is 0 Å². The van der Waals surface area contributed by atoms with E-state index >= 15 is 0 Å². The Morgan fingerprint density at radius 1 is 0.889 bits per heavy atom. The van der Waals surface area contributed by atoms with Crippen LogP contribution in [0.4, 0.5) is 0 Å². The van der Waals surface area contributed by atoms with Gasteiger partial charge >= 0.3 is 0 Å². The molecule has 5 nitrogen and oxygen atoms in total. The summed E-state index contributed by atoms with van der Waals surface area (Å²) in [6, 6.07) is 0. The van der Waals surface area contributed by atoms with E-state index in [1.165, 1.54) is 0 Å². The molecular formula is C13H29NO4. The van der Waals surface area contributed by atoms with Crippen LogP contribution in [0.15, 0.2) is 0 Å². The van der Waals surface area contributed by atoms with Crippen molar-refractivity contribution >= 4 is 0 Å². The van der Waals surface area contributed by atoms with Gasteiger partial charge < -0.3 is 24.3 Å². The van der Waals surface area contributed by atoms with Crippen molar-refractivity contribution in [1.29, 1.82) is 0 Å². The first-order valence-corrected chi connectivity index (χ1v) is 6.69. The zero-order valence-electron chi connectivity index (χ0n) is 12.1. The molecule has 0 aliphatic heterocycles. The fourth-order valence-electron chi connectivity index (χ4n) is 1.42. The van der Waals surface area contributed by atoms with Crippen molar-refractivity contribution in [3.63, 3.8) is 0 Å². The maximum atomic E-state index is 5.61. The average Bonchev–Trinajstić information content (AvgIpc) is 2.37. The molecule has 0 aromatic carbocycles. The Balaban J connectivity index is 3.09. The first-order chi connectivity index (χ1) is 8.81. The molecule has 0 rings (SSSR count). The fraction of sp³-hybridized carbons (Fsp3) is 1.00. The zero-order chi connectivity index (χ0) is 13.5. The minimum Gasteiger partial charge on any atom is -0.385 e. The van der Waals surface area contributed by atoms with Crippen LogP contribution in [0.5, 0.6) is 0 Å². The number of rotatable bonds is 14. The third-order valence-electron chi connectivity index (χ3n) is 2.40. The van der Waals surface area contributed by atoms with Crippen LogP contribution in [0, 0.1) is 0 Å². The van der Waals surface area contributed by atoms with Gasteiger partial charge in [-0.3, -0.25) is 0 Å². The molecule has 0 saturated heterocycles. The summed E-state index contributed by atoms with van der Waals surface area (Å²) in [7, 11) is 3.42. The van der Waals surface area contributed by atoms with Gasteiger partial charge in [-0.1, -0.05) is 0 Å². The number of nitrogens with one attached hydrogen (secondary N) is 1. The van der Waals surface area contributed by atoms with E-state index in [4.69, 9.17) is 18.9 Å². The molecule has 0 aliphatic rings. The van der Waals surface area contributed by atoms with E-state index in [0.717, 1.165) is 45.8 Å². The lowest BCUT2D eigenvalue weighted by molar-refractivity contribution is 0.00878. The van der Waals surface area contributed by atoms with Gasteiger partial charge in [0.2, 0.25) is 0 Å². The van der Waals surface area contributed by atoms with Gasteiger partial charge in [-0.15, -0.1) is 0 Å². The Hall–Kier alpha value is -0.200. The predicted molar refractivity (Wildman–Crippen MR) is 72.1 cm³/mol. The summed E-state index contributed by atoms with van der Waals surface area (Å²) < 4.78 is 20.9. The van der Waals surface area contributed by atoms with Crippen LogP contribution in [-0.2, 0) is 18.9 Å². The largest absolute Gasteiger partial charge is 0.385 e. The van der Waals surface area contributed by atoms with E-state index in [2.05, 4.69) is 12.2 Å². The lowest BCUT2D eigenvalue weighted by Gasteiger charge is -2.14. The monoisotopic (exact) mass is 263 g/mol. The van der Waals surface area contributed by atoms with Crippen LogP contribution in [0.1, 0.15) is 19.8 Å². The maximum absolute atomic E-state index is 5.61. The first-order valence-electron chi connectivity index (χ1n) is 6.69. The van der Waals surface area contributed by atoms with Gasteiger partial charge in [0, 0.05) is 40.6 Å². The highest BCUT2D eigenvalue weighted by atomic mass is 16.5. The molecule has 110 valence electrons. The number of methoxy groups -OCH3 is 2. The molecule has 0 saturated carbocycles. The minimum absolute atomic E-state index is 0.218. The second-order valence-electron chi connectivity index (χ2n) is 4.19. The molecule has 0 radical (unpaired) electrons. The van der Waals surface area contributed by atoms with Gasteiger partial charge in [-0.05, 0) is 26.3 Å². The SMILES string of the molecule is COCCCNCC(C)OCCOCCCOC. The lowest BCUT2D eigenvalue weighted by Crippen LogP contribution is -2.29. The fourth-order valence-corrected chi connectivity index (χ4v) is 1.42. The van der Waals surface area contributed by atoms with Crippen LogP contribution < -0.4 is 5.32 Å². The Kier molecular flexibility index (Phi) is 14.7. The summed E-state index contributed by atoms with van der Waals surface area (Å²) in [5.74, 6) is 0. The van der Waals surface area contributed by atoms with Crippen molar-refractivity contribution < 1.29 is 18.9 Å². The van der Waals surface area contributed by atoms with Crippen molar-refractivity contribution in [3.05, 3.63) is 0 Å². The molecule has 0 fully saturated rings. The summed E-state index contributed by atoms with van der Waals surface area (Å²) >= 11 is 0. The molecule has 18 heavy (non-hydrogen) atoms. The van der Waals surface area contributed by atoms with Crippen LogP contribution >= 0.6 is 0 Å². The Morgan fingerprint density at radius 3 is 2.33 bits per heavy atom. The highest BCUT2D eigenvalue weighted by Gasteiger charge is 2.00. The van der Waals surface area contributed by atoms with E-state index in [-0.39, 0.29) is 6.10 Å². The third-order valence-corrected chi connectivity index (χ3v) is 2.40. The van der Waals surface area contributed by atoms with Gasteiger partial charge in [0.15, 0.2) is 0 Å². The molecule has 0 aliphatic carbocycles. The van der Waals surface area contributed by atoms with E-state index in [1.807, 2.05) is 0 Å². The summed E-state index contributed by atoms with van der Waals surface area (Å²) in [5, 5.41) is 3.33. The second kappa shape index (κ2) is 14.9. The Labute approximate surface area is 111 Å². The van der Waals surface area contributed by atoms with E-state index in [9.17, 15) is 0 Å². The normalized spacial score (nSPS) is 12.8. The highest BCUT2D eigenvalue weighted by Crippen LogP contribution is 1.90. The molecule has 0 aromatic heterocycles. The predicted octanol–water partition coefficient (Wildman–Crippen LogP) is 1.07. The molecule has 0 heterocycles. The number of ether oxygens (including phenoxy) is 4. The number of hydrogen-bond donors (Lipinski definition) is 1. The molecule has 5 heteroatoms. The van der Waals surface area contributed by atoms with Crippen LogP contribution in [-0.4, -0.2) is 66.4 Å². The van der Waals surface area contributed by atoms with E-state index in [0.29, 0.717) is 13.2 Å².